The van der Waals surface area contributed by atoms with Gasteiger partial charge in [-0.25, -0.2) is 9.67 Å². The summed E-state index contributed by atoms with van der Waals surface area (Å²) >= 11 is 0. The fourth-order valence-electron chi connectivity index (χ4n) is 5.70. The molecular formula is C38H48N6O3. The molecule has 248 valence electrons. The number of amides is 1. The maximum Gasteiger partial charge on any atom is 0.284 e. The van der Waals surface area contributed by atoms with Gasteiger partial charge in [0.05, 0.1) is 23.5 Å². The number of fused-ring (bicyclic) bond motifs is 1. The Morgan fingerprint density at radius 3 is 2.21 bits per heavy atom. The molecule has 5 aromatic rings. The number of pyridine rings is 1. The van der Waals surface area contributed by atoms with Crippen molar-refractivity contribution in [2.24, 2.45) is 0 Å². The molecule has 0 aliphatic heterocycles. The lowest BCUT2D eigenvalue weighted by molar-refractivity contribution is 0.0546. The number of hydrogen-bond acceptors (Lipinski definition) is 6. The Morgan fingerprint density at radius 1 is 0.894 bits per heavy atom. The Bertz CT molecular complexity index is 1850. The predicted octanol–water partition coefficient (Wildman–Crippen LogP) is 6.60. The van der Waals surface area contributed by atoms with E-state index in [0.29, 0.717) is 17.1 Å². The third kappa shape index (κ3) is 8.17. The van der Waals surface area contributed by atoms with Gasteiger partial charge in [-0.05, 0) is 94.7 Å². The molecule has 9 heteroatoms. The van der Waals surface area contributed by atoms with Crippen LogP contribution >= 0.6 is 0 Å². The van der Waals surface area contributed by atoms with Crippen molar-refractivity contribution in [2.75, 3.05) is 44.4 Å². The van der Waals surface area contributed by atoms with Gasteiger partial charge in [0.25, 0.3) is 11.5 Å². The molecule has 47 heavy (non-hydrogen) atoms. The molecule has 3 aromatic carbocycles. The van der Waals surface area contributed by atoms with E-state index in [9.17, 15) is 14.7 Å². The lowest BCUT2D eigenvalue weighted by Gasteiger charge is -2.22. The van der Waals surface area contributed by atoms with Gasteiger partial charge in [0.2, 0.25) is 0 Å². The van der Waals surface area contributed by atoms with Gasteiger partial charge in [0.15, 0.2) is 0 Å². The zero-order valence-corrected chi connectivity index (χ0v) is 28.9. The number of nitrogens with zero attached hydrogens (tertiary/aromatic N) is 5. The Kier molecular flexibility index (Phi) is 11.4. The molecule has 0 bridgehead atoms. The van der Waals surface area contributed by atoms with E-state index in [1.807, 2.05) is 74.6 Å². The molecule has 0 unspecified atom stereocenters. The zero-order valence-electron chi connectivity index (χ0n) is 28.9. The molecule has 2 aromatic heterocycles. The van der Waals surface area contributed by atoms with Crippen LogP contribution in [0.4, 0.5) is 11.5 Å². The van der Waals surface area contributed by atoms with Crippen molar-refractivity contribution in [3.05, 3.63) is 107 Å². The number of anilines is 2. The van der Waals surface area contributed by atoms with Gasteiger partial charge in [0.1, 0.15) is 11.4 Å². The molecule has 0 aliphatic carbocycles. The lowest BCUT2D eigenvalue weighted by atomic mass is 9.98. The zero-order chi connectivity index (χ0) is 34.3. The molecule has 0 aliphatic rings. The smallest absolute Gasteiger partial charge is 0.284 e. The van der Waals surface area contributed by atoms with Crippen LogP contribution in [0.25, 0.3) is 27.6 Å². The van der Waals surface area contributed by atoms with Crippen LogP contribution in [0.5, 0.6) is 0 Å². The standard InChI is InChI=1S/C36H42N6O3.C2H6/c1-25-32(35(44)42(28-12-8-7-9-13-28)41(25)24-36(2,3)45)34(43)38-27-18-16-26(17-19-27)29-14-10-15-31-30(29)20-21-37-33(31)40(6)23-11-22-39(4)5;1-2/h7-10,12-21,45H,11,22-24H2,1-6H3,(H,38,43);1-2H3. The molecule has 0 radical (unpaired) electrons. The molecule has 0 spiro atoms. The van der Waals surface area contributed by atoms with E-state index in [-0.39, 0.29) is 12.1 Å². The van der Waals surface area contributed by atoms with Crippen LogP contribution in [0.2, 0.25) is 0 Å². The first kappa shape index (κ1) is 35.1. The van der Waals surface area contributed by atoms with Crippen LogP contribution < -0.4 is 15.8 Å². The third-order valence-corrected chi connectivity index (χ3v) is 7.86. The number of aliphatic hydroxyl groups is 1. The maximum atomic E-state index is 13.6. The summed E-state index contributed by atoms with van der Waals surface area (Å²) in [6.07, 6.45) is 2.89. The summed E-state index contributed by atoms with van der Waals surface area (Å²) in [6.45, 7) is 11.1. The molecule has 0 fully saturated rings. The fourth-order valence-corrected chi connectivity index (χ4v) is 5.70. The largest absolute Gasteiger partial charge is 0.389 e. The quantitative estimate of drug-likeness (QED) is 0.170. The second kappa shape index (κ2) is 15.2. The molecule has 0 saturated carbocycles. The monoisotopic (exact) mass is 636 g/mol. The normalized spacial score (nSPS) is 11.4. The van der Waals surface area contributed by atoms with Gasteiger partial charge in [-0.15, -0.1) is 0 Å². The first-order valence-corrected chi connectivity index (χ1v) is 16.2. The van der Waals surface area contributed by atoms with Gasteiger partial charge in [-0.3, -0.25) is 14.3 Å². The maximum absolute atomic E-state index is 13.6. The molecular weight excluding hydrogens is 588 g/mol. The molecule has 2 N–H and O–H groups in total. The number of nitrogens with one attached hydrogen (secondary N) is 1. The summed E-state index contributed by atoms with van der Waals surface area (Å²) in [5, 5.41) is 15.7. The number of benzene rings is 3. The van der Waals surface area contributed by atoms with Crippen molar-refractivity contribution < 1.29 is 9.90 Å². The van der Waals surface area contributed by atoms with Gasteiger partial charge in [-0.1, -0.05) is 62.4 Å². The van der Waals surface area contributed by atoms with E-state index in [0.717, 1.165) is 47.2 Å². The van der Waals surface area contributed by atoms with Gasteiger partial charge < -0.3 is 20.2 Å². The highest BCUT2D eigenvalue weighted by Crippen LogP contribution is 2.33. The van der Waals surface area contributed by atoms with Crippen LogP contribution in [-0.4, -0.2) is 70.1 Å². The second-order valence-corrected chi connectivity index (χ2v) is 12.4. The highest BCUT2D eigenvalue weighted by molar-refractivity contribution is 6.05. The van der Waals surface area contributed by atoms with Crippen LogP contribution in [-0.2, 0) is 6.54 Å². The fraction of sp³-hybridized carbons (Fsp3) is 0.342. The average Bonchev–Trinajstić information content (AvgIpc) is 3.29. The minimum absolute atomic E-state index is 0.0379. The van der Waals surface area contributed by atoms with Gasteiger partial charge >= 0.3 is 0 Å². The van der Waals surface area contributed by atoms with Crippen LogP contribution in [0.1, 0.15) is 50.2 Å². The number of aromatic nitrogens is 3. The summed E-state index contributed by atoms with van der Waals surface area (Å²) in [6, 6.07) is 25.0. The van der Waals surface area contributed by atoms with E-state index in [1.165, 1.54) is 4.68 Å². The van der Waals surface area contributed by atoms with Crippen molar-refractivity contribution in [1.29, 1.82) is 0 Å². The third-order valence-electron chi connectivity index (χ3n) is 7.86. The molecule has 0 atom stereocenters. The minimum atomic E-state index is -1.10. The first-order valence-electron chi connectivity index (χ1n) is 16.2. The number of hydrogen-bond donors (Lipinski definition) is 2. The Morgan fingerprint density at radius 2 is 1.57 bits per heavy atom. The van der Waals surface area contributed by atoms with Gasteiger partial charge in [-0.2, -0.15) is 0 Å². The second-order valence-electron chi connectivity index (χ2n) is 12.4. The van der Waals surface area contributed by atoms with E-state index < -0.39 is 17.1 Å². The van der Waals surface area contributed by atoms with E-state index in [2.05, 4.69) is 48.4 Å². The average molecular weight is 637 g/mol. The summed E-state index contributed by atoms with van der Waals surface area (Å²) in [7, 11) is 6.24. The minimum Gasteiger partial charge on any atom is -0.389 e. The SMILES string of the molecule is CC.Cc1c(C(=O)Nc2ccc(-c3cccc4c(N(C)CCCN(C)C)nccc34)cc2)c(=O)n(-c2ccccc2)n1CC(C)(C)O. The van der Waals surface area contributed by atoms with Crippen molar-refractivity contribution in [2.45, 2.75) is 53.2 Å². The summed E-state index contributed by atoms with van der Waals surface area (Å²) in [5.41, 5.74) is 2.24. The van der Waals surface area contributed by atoms with Crippen molar-refractivity contribution >= 4 is 28.2 Å². The highest BCUT2D eigenvalue weighted by Gasteiger charge is 2.27. The van der Waals surface area contributed by atoms with Crippen LogP contribution in [0.3, 0.4) is 0 Å². The summed E-state index contributed by atoms with van der Waals surface area (Å²) in [4.78, 5) is 36.3. The molecule has 5 rings (SSSR count). The Balaban J connectivity index is 0.00000245. The summed E-state index contributed by atoms with van der Waals surface area (Å²) in [5.74, 6) is 0.452. The molecule has 2 heterocycles. The predicted molar refractivity (Wildman–Crippen MR) is 194 cm³/mol. The number of rotatable bonds is 11. The molecule has 9 nitrogen and oxygen atoms in total. The topological polar surface area (TPSA) is 95.6 Å². The van der Waals surface area contributed by atoms with Crippen molar-refractivity contribution in [3.63, 3.8) is 0 Å². The summed E-state index contributed by atoms with van der Waals surface area (Å²) < 4.78 is 3.12. The first-order chi connectivity index (χ1) is 22.4. The number of carbonyl (C=O) groups is 1. The van der Waals surface area contributed by atoms with Crippen molar-refractivity contribution in [1.82, 2.24) is 19.2 Å². The highest BCUT2D eigenvalue weighted by atomic mass is 16.3. The Labute approximate surface area is 278 Å². The van der Waals surface area contributed by atoms with Crippen molar-refractivity contribution in [3.8, 4) is 16.8 Å². The van der Waals surface area contributed by atoms with Gasteiger partial charge in [0, 0.05) is 30.9 Å². The number of carbonyl (C=O) groups excluding carboxylic acids is 1. The van der Waals surface area contributed by atoms with Crippen LogP contribution in [0.15, 0.2) is 89.9 Å². The Hall–Kier alpha value is -4.73. The van der Waals surface area contributed by atoms with E-state index >= 15 is 0 Å². The lowest BCUT2D eigenvalue weighted by Crippen LogP contribution is -2.32. The van der Waals surface area contributed by atoms with Crippen LogP contribution in [0, 0.1) is 6.92 Å². The van der Waals surface area contributed by atoms with E-state index in [1.54, 1.807) is 37.6 Å². The number of para-hydroxylation sites is 1. The van der Waals surface area contributed by atoms with E-state index in [4.69, 9.17) is 4.98 Å². The molecule has 1 amide bonds. The molecule has 0 saturated heterocycles.